The summed E-state index contributed by atoms with van der Waals surface area (Å²) in [6, 6.07) is 4.29. The molecule has 14 heavy (non-hydrogen) atoms. The van der Waals surface area contributed by atoms with Crippen molar-refractivity contribution in [3.63, 3.8) is 0 Å². The van der Waals surface area contributed by atoms with Crippen LogP contribution in [0.1, 0.15) is 0 Å². The predicted octanol–water partition coefficient (Wildman–Crippen LogP) is 4.58. The van der Waals surface area contributed by atoms with Crippen LogP contribution in [0.3, 0.4) is 0 Å². The first-order chi connectivity index (χ1) is 6.70. The molecule has 0 aromatic carbocycles. The zero-order valence-corrected chi connectivity index (χ0v) is 11.6. The van der Waals surface area contributed by atoms with Crippen molar-refractivity contribution >= 4 is 31.5 Å². The van der Waals surface area contributed by atoms with E-state index in [1.54, 1.807) is 22.7 Å². The quantitative estimate of drug-likeness (QED) is 0.640. The Hall–Kier alpha value is -0.383. The van der Waals surface area contributed by atoms with Gasteiger partial charge < -0.3 is 0 Å². The number of hydrogen-bond acceptors (Lipinski definition) is 2. The molecule has 0 radical (unpaired) electrons. The molecule has 0 saturated heterocycles. The standard InChI is InChI=1S/C8H6S2.C3H10Si/c1-3-9-5-7(1)8-2-4-10-6-8;1-4(2)3/h1-6H;4H,1-3H3. The normalized spacial score (nSPS) is 9.71. The van der Waals surface area contributed by atoms with E-state index in [9.17, 15) is 0 Å². The molecule has 76 valence electrons. The van der Waals surface area contributed by atoms with E-state index in [4.69, 9.17) is 0 Å². The zero-order valence-electron chi connectivity index (χ0n) is 8.86. The molecular weight excluding hydrogens is 224 g/mol. The molecule has 0 N–H and O–H groups in total. The first-order valence-corrected chi connectivity index (χ1v) is 10.1. The van der Waals surface area contributed by atoms with Gasteiger partial charge in [0.15, 0.2) is 0 Å². The lowest BCUT2D eigenvalue weighted by atomic mass is 10.2. The molecule has 2 rings (SSSR count). The van der Waals surface area contributed by atoms with Crippen LogP contribution in [0.25, 0.3) is 11.1 Å². The second-order valence-corrected chi connectivity index (χ2v) is 8.78. The van der Waals surface area contributed by atoms with E-state index in [-0.39, 0.29) is 8.80 Å². The minimum atomic E-state index is -0.139. The highest BCUT2D eigenvalue weighted by atomic mass is 32.1. The van der Waals surface area contributed by atoms with E-state index in [2.05, 4.69) is 53.3 Å². The van der Waals surface area contributed by atoms with Crippen LogP contribution in [0, 0.1) is 0 Å². The summed E-state index contributed by atoms with van der Waals surface area (Å²) in [6.45, 7) is 6.92. The van der Waals surface area contributed by atoms with Gasteiger partial charge in [-0.25, -0.2) is 0 Å². The Kier molecular flexibility index (Phi) is 5.15. The van der Waals surface area contributed by atoms with E-state index in [0.29, 0.717) is 0 Å². The van der Waals surface area contributed by atoms with Crippen LogP contribution in [0.4, 0.5) is 0 Å². The molecule has 0 atom stereocenters. The monoisotopic (exact) mass is 240 g/mol. The third-order valence-corrected chi connectivity index (χ3v) is 2.74. The van der Waals surface area contributed by atoms with Crippen molar-refractivity contribution in [2.75, 3.05) is 0 Å². The molecule has 0 amide bonds. The molecule has 0 spiro atoms. The van der Waals surface area contributed by atoms with Crippen LogP contribution in [-0.4, -0.2) is 8.80 Å². The summed E-state index contributed by atoms with van der Waals surface area (Å²) in [7, 11) is -0.139. The molecule has 0 fully saturated rings. The van der Waals surface area contributed by atoms with Gasteiger partial charge in [-0.3, -0.25) is 0 Å². The van der Waals surface area contributed by atoms with Gasteiger partial charge in [0.05, 0.1) is 0 Å². The van der Waals surface area contributed by atoms with E-state index in [1.807, 2.05) is 0 Å². The van der Waals surface area contributed by atoms with Crippen LogP contribution < -0.4 is 0 Å². The summed E-state index contributed by atoms with van der Waals surface area (Å²) in [6.07, 6.45) is 0. The Morgan fingerprint density at radius 1 is 0.857 bits per heavy atom. The third-order valence-electron chi connectivity index (χ3n) is 1.38. The second kappa shape index (κ2) is 6.17. The summed E-state index contributed by atoms with van der Waals surface area (Å²) in [5, 5.41) is 8.55. The Morgan fingerprint density at radius 2 is 1.21 bits per heavy atom. The maximum atomic E-state index is 2.31. The van der Waals surface area contributed by atoms with Crippen molar-refractivity contribution in [3.05, 3.63) is 33.7 Å². The molecule has 2 aromatic heterocycles. The molecule has 2 heterocycles. The summed E-state index contributed by atoms with van der Waals surface area (Å²) in [4.78, 5) is 0. The molecule has 0 aliphatic carbocycles. The van der Waals surface area contributed by atoms with Gasteiger partial charge in [0.1, 0.15) is 0 Å². The van der Waals surface area contributed by atoms with Crippen LogP contribution in [0.15, 0.2) is 33.7 Å². The molecule has 2 aromatic rings. The molecule has 0 nitrogen and oxygen atoms in total. The van der Waals surface area contributed by atoms with Gasteiger partial charge in [-0.1, -0.05) is 19.6 Å². The van der Waals surface area contributed by atoms with Gasteiger partial charge in [-0.05, 0) is 44.8 Å². The maximum absolute atomic E-state index is 2.31. The fraction of sp³-hybridized carbons (Fsp3) is 0.273. The number of hydrogen-bond donors (Lipinski definition) is 0. The van der Waals surface area contributed by atoms with Crippen molar-refractivity contribution in [2.45, 2.75) is 19.6 Å². The molecule has 0 saturated carbocycles. The lowest BCUT2D eigenvalue weighted by Gasteiger charge is -1.85. The molecule has 3 heteroatoms. The van der Waals surface area contributed by atoms with E-state index >= 15 is 0 Å². The van der Waals surface area contributed by atoms with Crippen molar-refractivity contribution in [2.24, 2.45) is 0 Å². The number of thiophene rings is 2. The molecular formula is C11H16S2Si. The van der Waals surface area contributed by atoms with Crippen LogP contribution in [0.5, 0.6) is 0 Å². The molecule has 0 aliphatic rings. The van der Waals surface area contributed by atoms with Crippen molar-refractivity contribution < 1.29 is 0 Å². The lowest BCUT2D eigenvalue weighted by molar-refractivity contribution is 1.84. The fourth-order valence-electron chi connectivity index (χ4n) is 0.857. The topological polar surface area (TPSA) is 0 Å². The Bertz CT molecular complexity index is 287. The van der Waals surface area contributed by atoms with E-state index in [0.717, 1.165) is 0 Å². The number of rotatable bonds is 1. The highest BCUT2D eigenvalue weighted by molar-refractivity contribution is 7.09. The van der Waals surface area contributed by atoms with Crippen LogP contribution in [-0.2, 0) is 0 Å². The average molecular weight is 240 g/mol. The lowest BCUT2D eigenvalue weighted by Crippen LogP contribution is -1.84. The Morgan fingerprint density at radius 3 is 1.43 bits per heavy atom. The largest absolute Gasteiger partial charge is 0.152 e. The Labute approximate surface area is 95.8 Å². The van der Waals surface area contributed by atoms with Gasteiger partial charge in [0, 0.05) is 8.80 Å². The average Bonchev–Trinajstić information content (AvgIpc) is 2.76. The maximum Gasteiger partial charge on any atom is 0.0274 e. The minimum Gasteiger partial charge on any atom is -0.152 e. The smallest absolute Gasteiger partial charge is 0.0274 e. The van der Waals surface area contributed by atoms with Gasteiger partial charge in [-0.2, -0.15) is 22.7 Å². The highest BCUT2D eigenvalue weighted by Gasteiger charge is 1.95. The summed E-state index contributed by atoms with van der Waals surface area (Å²) < 4.78 is 0. The third kappa shape index (κ3) is 4.22. The Balaban J connectivity index is 0.000000213. The molecule has 0 bridgehead atoms. The molecule has 0 aliphatic heterocycles. The van der Waals surface area contributed by atoms with Gasteiger partial charge in [0.2, 0.25) is 0 Å². The predicted molar refractivity (Wildman–Crippen MR) is 72.4 cm³/mol. The van der Waals surface area contributed by atoms with Gasteiger partial charge >= 0.3 is 0 Å². The van der Waals surface area contributed by atoms with E-state index in [1.165, 1.54) is 11.1 Å². The summed E-state index contributed by atoms with van der Waals surface area (Å²) >= 11 is 3.48. The first kappa shape index (κ1) is 11.7. The molecule has 0 unspecified atom stereocenters. The van der Waals surface area contributed by atoms with Gasteiger partial charge in [-0.15, -0.1) is 0 Å². The van der Waals surface area contributed by atoms with Crippen molar-refractivity contribution in [3.8, 4) is 11.1 Å². The van der Waals surface area contributed by atoms with Crippen LogP contribution >= 0.6 is 22.7 Å². The highest BCUT2D eigenvalue weighted by Crippen LogP contribution is 2.23. The second-order valence-electron chi connectivity index (χ2n) is 3.76. The van der Waals surface area contributed by atoms with Crippen molar-refractivity contribution in [1.82, 2.24) is 0 Å². The first-order valence-electron chi connectivity index (χ1n) is 4.75. The van der Waals surface area contributed by atoms with E-state index < -0.39 is 0 Å². The fourth-order valence-corrected chi connectivity index (χ4v) is 2.19. The zero-order chi connectivity index (χ0) is 10.4. The van der Waals surface area contributed by atoms with Crippen molar-refractivity contribution in [1.29, 1.82) is 0 Å². The van der Waals surface area contributed by atoms with Crippen LogP contribution in [0.2, 0.25) is 19.6 Å². The SMILES string of the molecule is C[SiH](C)C.c1cc(-c2ccsc2)cs1. The van der Waals surface area contributed by atoms with Gasteiger partial charge in [0.25, 0.3) is 0 Å². The summed E-state index contributed by atoms with van der Waals surface area (Å²) in [5.41, 5.74) is 2.68. The minimum absolute atomic E-state index is 0.139. The summed E-state index contributed by atoms with van der Waals surface area (Å²) in [5.74, 6) is 0.